The van der Waals surface area contributed by atoms with Crippen molar-refractivity contribution in [2.24, 2.45) is 5.73 Å². The molecule has 3 rings (SSSR count). The minimum atomic E-state index is -0.637. The molecule has 2 aromatic rings. The predicted molar refractivity (Wildman–Crippen MR) is 96.0 cm³/mol. The molecule has 0 saturated carbocycles. The van der Waals surface area contributed by atoms with Gasteiger partial charge in [-0.25, -0.2) is 0 Å². The Hall–Kier alpha value is -2.56. The summed E-state index contributed by atoms with van der Waals surface area (Å²) < 4.78 is 7.81. The van der Waals surface area contributed by atoms with Crippen LogP contribution in [0.3, 0.4) is 0 Å². The Bertz CT molecular complexity index is 973. The number of ether oxygens (including phenoxy) is 1. The molecule has 25 heavy (non-hydrogen) atoms. The van der Waals surface area contributed by atoms with Crippen LogP contribution >= 0.6 is 15.9 Å². The first-order chi connectivity index (χ1) is 12.0. The van der Waals surface area contributed by atoms with Crippen molar-refractivity contribution in [2.45, 2.75) is 19.4 Å². The van der Waals surface area contributed by atoms with Crippen LogP contribution in [0, 0.1) is 18.3 Å². The van der Waals surface area contributed by atoms with E-state index in [0.29, 0.717) is 17.0 Å². The first-order valence-electron chi connectivity index (χ1n) is 7.66. The molecule has 0 saturated heterocycles. The molecule has 0 aliphatic carbocycles. The summed E-state index contributed by atoms with van der Waals surface area (Å²) in [5.41, 5.74) is 7.59. The van der Waals surface area contributed by atoms with Crippen molar-refractivity contribution in [3.8, 4) is 11.8 Å². The molecule has 0 bridgehead atoms. The zero-order valence-electron chi connectivity index (χ0n) is 13.5. The van der Waals surface area contributed by atoms with E-state index in [4.69, 9.17) is 10.5 Å². The lowest BCUT2D eigenvalue weighted by atomic mass is 9.84. The standard InChI is InChI=1S/C18H16BrN3O3/c1-10-8-14-16(18(24)22(10)6-7-23)15(12(9-20)17(21)25-14)11-4-2-3-5-13(11)19/h2-5,8,15,23H,6-7,21H2,1H3/t15-/m0/s1. The van der Waals surface area contributed by atoms with E-state index in [1.165, 1.54) is 4.57 Å². The molecule has 1 atom stereocenters. The van der Waals surface area contributed by atoms with Gasteiger partial charge in [-0.3, -0.25) is 4.79 Å². The number of nitrogens with two attached hydrogens (primary N) is 1. The molecule has 1 aliphatic rings. The number of pyridine rings is 1. The molecular formula is C18H16BrN3O3. The minimum Gasteiger partial charge on any atom is -0.440 e. The highest BCUT2D eigenvalue weighted by atomic mass is 79.9. The number of halogens is 1. The van der Waals surface area contributed by atoms with E-state index in [-0.39, 0.29) is 30.2 Å². The third-order valence-corrected chi connectivity index (χ3v) is 4.95. The monoisotopic (exact) mass is 401 g/mol. The van der Waals surface area contributed by atoms with Crippen LogP contribution < -0.4 is 16.0 Å². The Morgan fingerprint density at radius 3 is 2.80 bits per heavy atom. The Kier molecular flexibility index (Phi) is 4.66. The number of aryl methyl sites for hydroxylation is 1. The van der Waals surface area contributed by atoms with Gasteiger partial charge in [0.15, 0.2) is 0 Å². The maximum absolute atomic E-state index is 13.1. The molecule has 1 aliphatic heterocycles. The summed E-state index contributed by atoms with van der Waals surface area (Å²) in [6, 6.07) is 11.1. The van der Waals surface area contributed by atoms with E-state index in [2.05, 4.69) is 22.0 Å². The molecule has 1 aromatic carbocycles. The van der Waals surface area contributed by atoms with Gasteiger partial charge in [0.05, 0.1) is 18.1 Å². The number of fused-ring (bicyclic) bond motifs is 1. The van der Waals surface area contributed by atoms with E-state index in [1.54, 1.807) is 13.0 Å². The van der Waals surface area contributed by atoms with Crippen molar-refractivity contribution in [1.82, 2.24) is 4.57 Å². The molecule has 0 spiro atoms. The fourth-order valence-corrected chi connectivity index (χ4v) is 3.60. The smallest absolute Gasteiger partial charge is 0.258 e. The zero-order chi connectivity index (χ0) is 18.1. The van der Waals surface area contributed by atoms with E-state index in [1.807, 2.05) is 24.3 Å². The maximum atomic E-state index is 13.1. The number of hydrogen-bond acceptors (Lipinski definition) is 5. The molecule has 0 fully saturated rings. The largest absolute Gasteiger partial charge is 0.440 e. The van der Waals surface area contributed by atoms with Gasteiger partial charge in [0.2, 0.25) is 5.88 Å². The molecule has 0 unspecified atom stereocenters. The average molecular weight is 402 g/mol. The molecule has 128 valence electrons. The topological polar surface area (TPSA) is 101 Å². The lowest BCUT2D eigenvalue weighted by molar-refractivity contribution is 0.272. The number of aromatic nitrogens is 1. The van der Waals surface area contributed by atoms with Gasteiger partial charge in [-0.1, -0.05) is 34.1 Å². The van der Waals surface area contributed by atoms with Crippen LogP contribution in [0.25, 0.3) is 0 Å². The molecule has 0 amide bonds. The number of rotatable bonds is 3. The Morgan fingerprint density at radius 2 is 2.16 bits per heavy atom. The van der Waals surface area contributed by atoms with Crippen LogP contribution in [-0.4, -0.2) is 16.3 Å². The summed E-state index contributed by atoms with van der Waals surface area (Å²) in [4.78, 5) is 13.1. The predicted octanol–water partition coefficient (Wildman–Crippen LogP) is 2.13. The van der Waals surface area contributed by atoms with Crippen LogP contribution in [0.2, 0.25) is 0 Å². The van der Waals surface area contributed by atoms with Gasteiger partial charge in [0.1, 0.15) is 17.4 Å². The first kappa shape index (κ1) is 17.3. The minimum absolute atomic E-state index is 0.00513. The van der Waals surface area contributed by atoms with Crippen molar-refractivity contribution in [1.29, 1.82) is 5.26 Å². The van der Waals surface area contributed by atoms with Crippen LogP contribution in [-0.2, 0) is 6.54 Å². The third kappa shape index (κ3) is 2.84. The second-order valence-corrected chi connectivity index (χ2v) is 6.54. The van der Waals surface area contributed by atoms with Crippen molar-refractivity contribution < 1.29 is 9.84 Å². The lowest BCUT2D eigenvalue weighted by Gasteiger charge is -2.27. The highest BCUT2D eigenvalue weighted by molar-refractivity contribution is 9.10. The van der Waals surface area contributed by atoms with Crippen molar-refractivity contribution in [2.75, 3.05) is 6.61 Å². The summed E-state index contributed by atoms with van der Waals surface area (Å²) >= 11 is 3.49. The molecule has 0 radical (unpaired) electrons. The van der Waals surface area contributed by atoms with E-state index in [0.717, 1.165) is 10.0 Å². The van der Waals surface area contributed by atoms with Gasteiger partial charge in [-0.2, -0.15) is 5.26 Å². The summed E-state index contributed by atoms with van der Waals surface area (Å²) in [5, 5.41) is 18.9. The van der Waals surface area contributed by atoms with E-state index >= 15 is 0 Å². The normalized spacial score (nSPS) is 16.2. The third-order valence-electron chi connectivity index (χ3n) is 4.23. The van der Waals surface area contributed by atoms with Gasteiger partial charge in [0, 0.05) is 22.8 Å². The number of allylic oxidation sites excluding steroid dienone is 1. The number of aliphatic hydroxyl groups excluding tert-OH is 1. The van der Waals surface area contributed by atoms with Gasteiger partial charge in [0.25, 0.3) is 5.56 Å². The SMILES string of the molecule is Cc1cc2c(c(=O)n1CCO)[C@@H](c1ccccc1Br)C(C#N)=C(N)O2. The number of benzene rings is 1. The number of hydrogen-bond donors (Lipinski definition) is 2. The molecule has 3 N–H and O–H groups in total. The number of nitriles is 1. The molecule has 1 aromatic heterocycles. The van der Waals surface area contributed by atoms with Crippen LogP contribution in [0.4, 0.5) is 0 Å². The van der Waals surface area contributed by atoms with Crippen LogP contribution in [0.1, 0.15) is 22.7 Å². The van der Waals surface area contributed by atoms with Gasteiger partial charge in [-0.05, 0) is 18.6 Å². The molecule has 2 heterocycles. The zero-order valence-corrected chi connectivity index (χ0v) is 15.1. The summed E-state index contributed by atoms with van der Waals surface area (Å²) in [6.45, 7) is 1.76. The molecular weight excluding hydrogens is 386 g/mol. The highest BCUT2D eigenvalue weighted by Gasteiger charge is 2.35. The Balaban J connectivity index is 2.35. The second-order valence-electron chi connectivity index (χ2n) is 5.69. The summed E-state index contributed by atoms with van der Waals surface area (Å²) in [6.07, 6.45) is 0. The van der Waals surface area contributed by atoms with Crippen molar-refractivity contribution in [3.63, 3.8) is 0 Å². The first-order valence-corrected chi connectivity index (χ1v) is 8.46. The number of nitrogens with zero attached hydrogens (tertiary/aromatic N) is 2. The van der Waals surface area contributed by atoms with Crippen molar-refractivity contribution >= 4 is 15.9 Å². The van der Waals surface area contributed by atoms with Gasteiger partial charge >= 0.3 is 0 Å². The number of aliphatic hydroxyl groups is 1. The Morgan fingerprint density at radius 1 is 1.44 bits per heavy atom. The van der Waals surface area contributed by atoms with E-state index in [9.17, 15) is 15.2 Å². The average Bonchev–Trinajstić information content (AvgIpc) is 2.58. The maximum Gasteiger partial charge on any atom is 0.258 e. The summed E-state index contributed by atoms with van der Waals surface area (Å²) in [5.74, 6) is -0.300. The van der Waals surface area contributed by atoms with Crippen LogP contribution in [0.5, 0.6) is 5.75 Å². The van der Waals surface area contributed by atoms with Gasteiger partial charge < -0.3 is 20.1 Å². The van der Waals surface area contributed by atoms with Crippen LogP contribution in [0.15, 0.2) is 51.1 Å². The molecule has 6 nitrogen and oxygen atoms in total. The highest BCUT2D eigenvalue weighted by Crippen LogP contribution is 2.42. The molecule has 7 heteroatoms. The van der Waals surface area contributed by atoms with Gasteiger partial charge in [-0.15, -0.1) is 0 Å². The summed E-state index contributed by atoms with van der Waals surface area (Å²) in [7, 11) is 0. The second kappa shape index (κ2) is 6.75. The van der Waals surface area contributed by atoms with E-state index < -0.39 is 5.92 Å². The quantitative estimate of drug-likeness (QED) is 0.819. The fraction of sp³-hybridized carbons (Fsp3) is 0.222. The Labute approximate surface area is 152 Å². The van der Waals surface area contributed by atoms with Crippen molar-refractivity contribution in [3.05, 3.63) is 73.4 Å². The lowest BCUT2D eigenvalue weighted by Crippen LogP contribution is -2.33. The fourth-order valence-electron chi connectivity index (χ4n) is 3.08.